The summed E-state index contributed by atoms with van der Waals surface area (Å²) in [5, 5.41) is 3.36. The second-order valence-electron chi connectivity index (χ2n) is 1.25. The van der Waals surface area contributed by atoms with E-state index in [0.29, 0.717) is 0 Å². The van der Waals surface area contributed by atoms with Gasteiger partial charge in [-0.15, -0.1) is 0 Å². The molecule has 0 heterocycles. The van der Waals surface area contributed by atoms with Crippen LogP contribution in [-0.4, -0.2) is 28.0 Å². The fourth-order valence-electron chi connectivity index (χ4n) is 0.177. The van der Waals surface area contributed by atoms with Gasteiger partial charge in [0.15, 0.2) is 0 Å². The summed E-state index contributed by atoms with van der Waals surface area (Å²) in [7, 11) is 9.25. The van der Waals surface area contributed by atoms with Crippen LogP contribution in [0.4, 0.5) is 9.59 Å². The van der Waals surface area contributed by atoms with Gasteiger partial charge in [0.2, 0.25) is 16.0 Å². The molecule has 56 valence electrons. The molecule has 0 aromatic heterocycles. The Morgan fingerprint density at radius 1 is 1.00 bits per heavy atom. The van der Waals surface area contributed by atoms with Crippen LogP contribution in [0.5, 0.6) is 0 Å². The molecule has 0 aliphatic carbocycles. The molecule has 0 aliphatic rings. The van der Waals surface area contributed by atoms with Gasteiger partial charge in [0, 0.05) is 0 Å². The number of carbonyl (C=O) groups excluding carboxylic acids is 2. The Hall–Kier alpha value is -1.37. The molecule has 4 radical (unpaired) electrons. The predicted octanol–water partition coefficient (Wildman–Crippen LogP) is -2.40. The first-order valence-corrected chi connectivity index (χ1v) is 2.39. The van der Waals surface area contributed by atoms with E-state index in [9.17, 15) is 9.59 Å². The minimum Gasteiger partial charge on any atom is -0.390 e. The highest BCUT2D eigenvalue weighted by molar-refractivity contribution is 6.14. The van der Waals surface area contributed by atoms with Gasteiger partial charge < -0.3 is 10.5 Å². The molecule has 9 heteroatoms. The SMILES string of the molecule is [B]NC(=O)NONC(=O)N[B]. The van der Waals surface area contributed by atoms with Crippen molar-refractivity contribution in [1.29, 1.82) is 0 Å². The molecule has 11 heavy (non-hydrogen) atoms. The van der Waals surface area contributed by atoms with E-state index in [1.807, 2.05) is 0 Å². The van der Waals surface area contributed by atoms with E-state index in [-0.39, 0.29) is 0 Å². The van der Waals surface area contributed by atoms with Crippen LogP contribution >= 0.6 is 0 Å². The van der Waals surface area contributed by atoms with Crippen LogP contribution in [0.25, 0.3) is 0 Å². The maximum absolute atomic E-state index is 10.2. The number of amides is 4. The van der Waals surface area contributed by atoms with Crippen LogP contribution in [0.3, 0.4) is 0 Å². The third-order valence-corrected chi connectivity index (χ3v) is 0.550. The van der Waals surface area contributed by atoms with Gasteiger partial charge in [-0.3, -0.25) is 0 Å². The second kappa shape index (κ2) is 5.42. The average Bonchev–Trinajstić information content (AvgIpc) is 2.04. The summed E-state index contributed by atoms with van der Waals surface area (Å²) in [6, 6.07) is -1.63. The number of carbonyl (C=O) groups is 2. The van der Waals surface area contributed by atoms with Crippen molar-refractivity contribution in [2.24, 2.45) is 0 Å². The molecular formula is C2H4B2N4O3. The highest BCUT2D eigenvalue weighted by Crippen LogP contribution is 1.61. The first kappa shape index (κ1) is 9.63. The molecule has 7 nitrogen and oxygen atoms in total. The van der Waals surface area contributed by atoms with Gasteiger partial charge in [0.05, 0.1) is 0 Å². The van der Waals surface area contributed by atoms with E-state index in [0.717, 1.165) is 0 Å². The first-order valence-electron chi connectivity index (χ1n) is 2.39. The number of urea groups is 2. The third kappa shape index (κ3) is 5.09. The largest absolute Gasteiger partial charge is 0.390 e. The lowest BCUT2D eigenvalue weighted by atomic mass is 10.4. The van der Waals surface area contributed by atoms with Gasteiger partial charge in [0.1, 0.15) is 0 Å². The van der Waals surface area contributed by atoms with E-state index in [1.54, 1.807) is 21.4 Å². The number of rotatable bonds is 2. The smallest absolute Gasteiger partial charge is 0.327 e. The Morgan fingerprint density at radius 2 is 1.36 bits per heavy atom. The Morgan fingerprint density at radius 3 is 1.64 bits per heavy atom. The van der Waals surface area contributed by atoms with Crippen molar-refractivity contribution in [2.45, 2.75) is 0 Å². The van der Waals surface area contributed by atoms with Crippen LogP contribution in [0.1, 0.15) is 0 Å². The van der Waals surface area contributed by atoms with Gasteiger partial charge >= 0.3 is 12.1 Å². The fraction of sp³-hybridized carbons (Fsp3) is 0. The molecule has 4 amide bonds. The number of hydrogen-bond acceptors (Lipinski definition) is 3. The lowest BCUT2D eigenvalue weighted by Crippen LogP contribution is -2.42. The molecule has 0 aromatic carbocycles. The predicted molar refractivity (Wildman–Crippen MR) is 35.9 cm³/mol. The summed E-state index contributed by atoms with van der Waals surface area (Å²) in [6.07, 6.45) is 0. The van der Waals surface area contributed by atoms with E-state index >= 15 is 0 Å². The second-order valence-corrected chi connectivity index (χ2v) is 1.25. The highest BCUT2D eigenvalue weighted by atomic mass is 16.8. The van der Waals surface area contributed by atoms with Crippen LogP contribution in [0, 0.1) is 0 Å². The lowest BCUT2D eigenvalue weighted by Gasteiger charge is -2.04. The lowest BCUT2D eigenvalue weighted by molar-refractivity contribution is 0.00675. The summed E-state index contributed by atoms with van der Waals surface area (Å²) >= 11 is 0. The van der Waals surface area contributed by atoms with E-state index in [2.05, 4.69) is 20.9 Å². The van der Waals surface area contributed by atoms with Gasteiger partial charge in [-0.25, -0.2) is 9.59 Å². The quantitative estimate of drug-likeness (QED) is 0.263. The van der Waals surface area contributed by atoms with Crippen molar-refractivity contribution in [3.05, 3.63) is 0 Å². The van der Waals surface area contributed by atoms with Crippen LogP contribution in [0.2, 0.25) is 0 Å². The third-order valence-electron chi connectivity index (χ3n) is 0.550. The minimum atomic E-state index is -0.817. The summed E-state index contributed by atoms with van der Waals surface area (Å²) in [5.41, 5.74) is 3.39. The first-order chi connectivity index (χ1) is 5.20. The molecule has 0 aliphatic heterocycles. The Bertz CT molecular complexity index is 136. The van der Waals surface area contributed by atoms with Gasteiger partial charge in [-0.05, 0) is 0 Å². The maximum Gasteiger partial charge on any atom is 0.327 e. The Labute approximate surface area is 65.0 Å². The van der Waals surface area contributed by atoms with Crippen LogP contribution in [-0.2, 0) is 4.94 Å². The van der Waals surface area contributed by atoms with Crippen molar-refractivity contribution in [1.82, 2.24) is 21.4 Å². The maximum atomic E-state index is 10.2. The summed E-state index contributed by atoms with van der Waals surface area (Å²) < 4.78 is 0. The van der Waals surface area contributed by atoms with Gasteiger partial charge in [-0.2, -0.15) is 15.9 Å². The monoisotopic (exact) mass is 154 g/mol. The number of hydroxylamine groups is 2. The zero-order chi connectivity index (χ0) is 8.69. The zero-order valence-corrected chi connectivity index (χ0v) is 5.38. The molecule has 0 atom stereocenters. The molecule has 4 N–H and O–H groups in total. The summed E-state index contributed by atoms with van der Waals surface area (Å²) in [6.45, 7) is 0. The zero-order valence-electron chi connectivity index (χ0n) is 5.38. The molecule has 0 rings (SSSR count). The topological polar surface area (TPSA) is 91.5 Å². The van der Waals surface area contributed by atoms with Crippen LogP contribution < -0.4 is 21.4 Å². The molecule has 0 unspecified atom stereocenters. The average molecular weight is 154 g/mol. The van der Waals surface area contributed by atoms with Crippen molar-refractivity contribution in [3.63, 3.8) is 0 Å². The van der Waals surface area contributed by atoms with E-state index in [1.165, 1.54) is 0 Å². The molecule has 0 saturated carbocycles. The highest BCUT2D eigenvalue weighted by Gasteiger charge is 1.96. The standard InChI is InChI=1S/C2H4B2N4O3/c3-5-1(9)7-11-8-2(10)6-4/h(H2,5,7,9)(H2,6,8,10). The normalized spacial score (nSPS) is 8.00. The number of nitrogens with one attached hydrogen (secondary N) is 4. The van der Waals surface area contributed by atoms with Crippen LogP contribution in [0.15, 0.2) is 0 Å². The van der Waals surface area contributed by atoms with Gasteiger partial charge in [0.25, 0.3) is 0 Å². The summed E-state index contributed by atoms with van der Waals surface area (Å²) in [4.78, 5) is 24.5. The van der Waals surface area contributed by atoms with Crippen molar-refractivity contribution in [3.8, 4) is 0 Å². The molecule has 0 saturated heterocycles. The van der Waals surface area contributed by atoms with Gasteiger partial charge in [-0.1, -0.05) is 0 Å². The number of hydrogen-bond donors (Lipinski definition) is 4. The molecule has 0 bridgehead atoms. The molecular weight excluding hydrogens is 150 g/mol. The van der Waals surface area contributed by atoms with Crippen molar-refractivity contribution in [2.75, 3.05) is 0 Å². The van der Waals surface area contributed by atoms with E-state index in [4.69, 9.17) is 0 Å². The summed E-state index contributed by atoms with van der Waals surface area (Å²) in [5.74, 6) is 0. The molecule has 0 fully saturated rings. The Kier molecular flexibility index (Phi) is 4.74. The fourth-order valence-corrected chi connectivity index (χ4v) is 0.177. The minimum absolute atomic E-state index is 0.817. The van der Waals surface area contributed by atoms with Crippen molar-refractivity contribution >= 4 is 28.0 Å². The molecule has 0 spiro atoms. The molecule has 0 aromatic rings. The Balaban J connectivity index is 3.27. The van der Waals surface area contributed by atoms with E-state index < -0.39 is 12.1 Å². The van der Waals surface area contributed by atoms with Crippen molar-refractivity contribution < 1.29 is 14.5 Å².